The van der Waals surface area contributed by atoms with Crippen LogP contribution in [0.2, 0.25) is 0 Å². The Morgan fingerprint density at radius 1 is 1.26 bits per heavy atom. The molecule has 0 spiro atoms. The topological polar surface area (TPSA) is 73.0 Å². The monoisotopic (exact) mass is 384 g/mol. The Labute approximate surface area is 162 Å². The zero-order valence-corrected chi connectivity index (χ0v) is 16.5. The van der Waals surface area contributed by atoms with Gasteiger partial charge in [0.05, 0.1) is 5.25 Å². The number of amides is 1. The van der Waals surface area contributed by atoms with E-state index in [2.05, 4.69) is 15.5 Å². The van der Waals surface area contributed by atoms with E-state index in [0.29, 0.717) is 22.8 Å². The second kappa shape index (κ2) is 7.76. The summed E-state index contributed by atoms with van der Waals surface area (Å²) in [7, 11) is 1.90. The molecule has 6 nitrogen and oxygen atoms in total. The lowest BCUT2D eigenvalue weighted by atomic mass is 9.95. The Bertz CT molecular complexity index is 910. The maximum Gasteiger partial charge on any atom is 0.233 e. The van der Waals surface area contributed by atoms with Crippen molar-refractivity contribution in [2.75, 3.05) is 0 Å². The quantitative estimate of drug-likeness (QED) is 0.669. The second-order valence-corrected chi connectivity index (χ2v) is 8.43. The third-order valence-electron chi connectivity index (χ3n) is 5.08. The summed E-state index contributed by atoms with van der Waals surface area (Å²) in [6.07, 6.45) is 5.86. The van der Waals surface area contributed by atoms with Gasteiger partial charge in [0, 0.05) is 18.5 Å². The number of nitrogens with zero attached hydrogens (tertiary/aromatic N) is 3. The number of hydrogen-bond acceptors (Lipinski definition) is 5. The van der Waals surface area contributed by atoms with E-state index in [1.165, 1.54) is 31.0 Å². The van der Waals surface area contributed by atoms with Gasteiger partial charge in [0.15, 0.2) is 16.7 Å². The highest BCUT2D eigenvalue weighted by Gasteiger charge is 2.23. The van der Waals surface area contributed by atoms with Gasteiger partial charge in [-0.1, -0.05) is 49.2 Å². The molecule has 0 aliphatic heterocycles. The Morgan fingerprint density at radius 2 is 2.04 bits per heavy atom. The van der Waals surface area contributed by atoms with Gasteiger partial charge >= 0.3 is 0 Å². The van der Waals surface area contributed by atoms with Crippen LogP contribution in [0.3, 0.4) is 0 Å². The van der Waals surface area contributed by atoms with Gasteiger partial charge in [0.1, 0.15) is 5.58 Å². The number of thioether (sulfide) groups is 1. The molecular formula is C20H24N4O2S. The van der Waals surface area contributed by atoms with E-state index >= 15 is 0 Å². The number of carbonyl (C=O) groups is 1. The maximum absolute atomic E-state index is 12.5. The number of carbonyl (C=O) groups excluding carboxylic acids is 1. The van der Waals surface area contributed by atoms with Gasteiger partial charge in [-0.3, -0.25) is 4.79 Å². The number of aromatic nitrogens is 3. The minimum Gasteiger partial charge on any atom is -0.453 e. The van der Waals surface area contributed by atoms with E-state index in [0.717, 1.165) is 23.8 Å². The number of benzene rings is 1. The van der Waals surface area contributed by atoms with Crippen molar-refractivity contribution in [2.24, 2.45) is 7.05 Å². The zero-order chi connectivity index (χ0) is 18.8. The molecule has 1 aromatic carbocycles. The Hall–Kier alpha value is -2.28. The molecule has 0 saturated heterocycles. The van der Waals surface area contributed by atoms with Crippen LogP contribution in [0, 0.1) is 0 Å². The fourth-order valence-corrected chi connectivity index (χ4v) is 4.33. The molecule has 2 heterocycles. The van der Waals surface area contributed by atoms with Gasteiger partial charge in [0.2, 0.25) is 5.91 Å². The van der Waals surface area contributed by atoms with Crippen LogP contribution in [-0.4, -0.2) is 32.0 Å². The lowest BCUT2D eigenvalue weighted by Crippen LogP contribution is -2.40. The number of rotatable bonds is 5. The van der Waals surface area contributed by atoms with Crippen LogP contribution in [0.25, 0.3) is 22.6 Å². The summed E-state index contributed by atoms with van der Waals surface area (Å²) in [5, 5.41) is 13.2. The highest BCUT2D eigenvalue weighted by atomic mass is 32.2. The second-order valence-electron chi connectivity index (χ2n) is 7.12. The summed E-state index contributed by atoms with van der Waals surface area (Å²) in [6.45, 7) is 1.92. The SMILES string of the molecule is C[C@H](Sc1nnc(-c2cc3ccccc3o2)n1C)C(=O)NC1CCCCC1. The van der Waals surface area contributed by atoms with Crippen LogP contribution in [0.15, 0.2) is 39.9 Å². The maximum atomic E-state index is 12.5. The highest BCUT2D eigenvalue weighted by molar-refractivity contribution is 8.00. The van der Waals surface area contributed by atoms with Crippen LogP contribution in [0.1, 0.15) is 39.0 Å². The molecule has 27 heavy (non-hydrogen) atoms. The van der Waals surface area contributed by atoms with Crippen LogP contribution >= 0.6 is 11.8 Å². The molecule has 1 aliphatic carbocycles. The summed E-state index contributed by atoms with van der Waals surface area (Å²) in [4.78, 5) is 12.5. The molecule has 0 radical (unpaired) electrons. The molecule has 1 fully saturated rings. The smallest absolute Gasteiger partial charge is 0.233 e. The molecule has 4 rings (SSSR count). The normalized spacial score (nSPS) is 16.5. The molecule has 2 aromatic heterocycles. The average Bonchev–Trinajstić information content (AvgIpc) is 3.26. The number of nitrogens with one attached hydrogen (secondary N) is 1. The largest absolute Gasteiger partial charge is 0.453 e. The van der Waals surface area contributed by atoms with Crippen molar-refractivity contribution in [3.05, 3.63) is 30.3 Å². The van der Waals surface area contributed by atoms with Gasteiger partial charge in [-0.2, -0.15) is 0 Å². The van der Waals surface area contributed by atoms with Crippen LogP contribution < -0.4 is 5.32 Å². The van der Waals surface area contributed by atoms with Gasteiger partial charge in [-0.15, -0.1) is 10.2 Å². The van der Waals surface area contributed by atoms with Crippen LogP contribution in [0.5, 0.6) is 0 Å². The Morgan fingerprint density at radius 3 is 2.81 bits per heavy atom. The summed E-state index contributed by atoms with van der Waals surface area (Å²) >= 11 is 1.42. The number of hydrogen-bond donors (Lipinski definition) is 1. The van der Waals surface area contributed by atoms with E-state index < -0.39 is 0 Å². The van der Waals surface area contributed by atoms with Crippen molar-refractivity contribution < 1.29 is 9.21 Å². The average molecular weight is 385 g/mol. The molecule has 1 N–H and O–H groups in total. The third-order valence-corrected chi connectivity index (χ3v) is 6.22. The Kier molecular flexibility index (Phi) is 5.20. The molecule has 1 amide bonds. The summed E-state index contributed by atoms with van der Waals surface area (Å²) in [5.41, 5.74) is 0.824. The van der Waals surface area contributed by atoms with Crippen molar-refractivity contribution in [3.8, 4) is 11.6 Å². The van der Waals surface area contributed by atoms with E-state index in [1.54, 1.807) is 0 Å². The number of furan rings is 1. The fourth-order valence-electron chi connectivity index (χ4n) is 3.50. The van der Waals surface area contributed by atoms with E-state index in [-0.39, 0.29) is 11.2 Å². The number of para-hydroxylation sites is 1. The summed E-state index contributed by atoms with van der Waals surface area (Å²) in [5.74, 6) is 1.41. The third kappa shape index (κ3) is 3.88. The molecule has 1 saturated carbocycles. The molecular weight excluding hydrogens is 360 g/mol. The van der Waals surface area contributed by atoms with Gasteiger partial charge in [0.25, 0.3) is 0 Å². The first-order valence-corrected chi connectivity index (χ1v) is 10.3. The predicted octanol–water partition coefficient (Wildman–Crippen LogP) is 4.16. The predicted molar refractivity (Wildman–Crippen MR) is 107 cm³/mol. The minimum atomic E-state index is -0.224. The van der Waals surface area contributed by atoms with Crippen molar-refractivity contribution in [1.29, 1.82) is 0 Å². The molecule has 7 heteroatoms. The lowest BCUT2D eigenvalue weighted by molar-refractivity contribution is -0.121. The van der Waals surface area contributed by atoms with Crippen molar-refractivity contribution >= 4 is 28.6 Å². The molecule has 142 valence electrons. The van der Waals surface area contributed by atoms with Crippen LogP contribution in [0.4, 0.5) is 0 Å². The molecule has 1 atom stereocenters. The molecule has 3 aromatic rings. The zero-order valence-electron chi connectivity index (χ0n) is 15.6. The minimum absolute atomic E-state index is 0.0696. The standard InChI is InChI=1S/C20H24N4O2S/c1-13(19(25)21-15-9-4-3-5-10-15)27-20-23-22-18(24(20)2)17-12-14-8-6-7-11-16(14)26-17/h6-8,11-13,15H,3-5,9-10H2,1-2H3,(H,21,25)/t13-/m0/s1. The van der Waals surface area contributed by atoms with Crippen molar-refractivity contribution in [3.63, 3.8) is 0 Å². The van der Waals surface area contributed by atoms with E-state index in [9.17, 15) is 4.79 Å². The van der Waals surface area contributed by atoms with E-state index in [4.69, 9.17) is 4.42 Å². The first-order valence-electron chi connectivity index (χ1n) is 9.47. The molecule has 1 aliphatic rings. The van der Waals surface area contributed by atoms with Gasteiger partial charge in [-0.25, -0.2) is 0 Å². The highest BCUT2D eigenvalue weighted by Crippen LogP contribution is 2.30. The molecule has 0 unspecified atom stereocenters. The lowest BCUT2D eigenvalue weighted by Gasteiger charge is -2.24. The number of fused-ring (bicyclic) bond motifs is 1. The van der Waals surface area contributed by atoms with Gasteiger partial charge in [-0.05, 0) is 31.9 Å². The van der Waals surface area contributed by atoms with Gasteiger partial charge < -0.3 is 14.3 Å². The van der Waals surface area contributed by atoms with Crippen molar-refractivity contribution in [2.45, 2.75) is 55.5 Å². The summed E-state index contributed by atoms with van der Waals surface area (Å²) in [6, 6.07) is 10.1. The fraction of sp³-hybridized carbons (Fsp3) is 0.450. The van der Waals surface area contributed by atoms with E-state index in [1.807, 2.05) is 48.9 Å². The first kappa shape index (κ1) is 18.1. The first-order chi connectivity index (χ1) is 13.1. The molecule has 0 bridgehead atoms. The summed E-state index contributed by atoms with van der Waals surface area (Å²) < 4.78 is 7.77. The van der Waals surface area contributed by atoms with Crippen LogP contribution in [-0.2, 0) is 11.8 Å². The Balaban J connectivity index is 1.46. The van der Waals surface area contributed by atoms with Crippen molar-refractivity contribution in [1.82, 2.24) is 20.1 Å².